The van der Waals surface area contributed by atoms with Crippen LogP contribution in [0.3, 0.4) is 0 Å². The Labute approximate surface area is 263 Å². The lowest BCUT2D eigenvalue weighted by Crippen LogP contribution is -2.25. The number of hydrogen-bond acceptors (Lipinski definition) is 8. The maximum atomic E-state index is 12.5. The van der Waals surface area contributed by atoms with Crippen molar-refractivity contribution in [2.24, 2.45) is 0 Å². The van der Waals surface area contributed by atoms with Gasteiger partial charge in [-0.3, -0.25) is 0 Å². The van der Waals surface area contributed by atoms with Crippen molar-refractivity contribution < 1.29 is 38.4 Å². The molecular formula is C37H38O8. The van der Waals surface area contributed by atoms with Crippen LogP contribution in [0.5, 0.6) is 11.5 Å². The fourth-order valence-electron chi connectivity index (χ4n) is 5.16. The van der Waals surface area contributed by atoms with Gasteiger partial charge in [-0.2, -0.15) is 0 Å². The Morgan fingerprint density at radius 1 is 0.733 bits per heavy atom. The summed E-state index contributed by atoms with van der Waals surface area (Å²) in [7, 11) is 1.49. The van der Waals surface area contributed by atoms with E-state index in [0.29, 0.717) is 29.9 Å². The minimum Gasteiger partial charge on any atom is -0.459 e. The standard InChI is InChI=1S/C37H38O8/c1-23(2)35(39)43-30-14-10-27(11-15-30)26-6-8-28(9-7-26)33-19-18-32(45-37(41)25(4)22-42-5)20-34(33)29-12-16-31(17-13-29)44-36(40)24(3)21-38/h6-11,14-15,18-20,29,31,38H,1,3-4,12-13,16-17,21-22H2,2,5H3. The Morgan fingerprint density at radius 3 is 1.87 bits per heavy atom. The average molecular weight is 611 g/mol. The van der Waals surface area contributed by atoms with E-state index in [1.807, 2.05) is 48.5 Å². The van der Waals surface area contributed by atoms with Crippen LogP contribution in [0.1, 0.15) is 44.1 Å². The molecule has 0 heterocycles. The summed E-state index contributed by atoms with van der Waals surface area (Å²) in [6.45, 7) is 12.1. The van der Waals surface area contributed by atoms with E-state index >= 15 is 0 Å². The average Bonchev–Trinajstić information content (AvgIpc) is 3.05. The van der Waals surface area contributed by atoms with Gasteiger partial charge < -0.3 is 24.1 Å². The molecule has 1 N–H and O–H groups in total. The van der Waals surface area contributed by atoms with Crippen molar-refractivity contribution in [1.82, 2.24) is 0 Å². The second kappa shape index (κ2) is 15.3. The van der Waals surface area contributed by atoms with E-state index in [4.69, 9.17) is 18.9 Å². The molecule has 1 saturated carbocycles. The topological polar surface area (TPSA) is 108 Å². The van der Waals surface area contributed by atoms with Crippen LogP contribution in [0, 0.1) is 0 Å². The van der Waals surface area contributed by atoms with Gasteiger partial charge in [0.15, 0.2) is 0 Å². The van der Waals surface area contributed by atoms with Crippen LogP contribution in [0.2, 0.25) is 0 Å². The van der Waals surface area contributed by atoms with Crippen molar-refractivity contribution >= 4 is 17.9 Å². The van der Waals surface area contributed by atoms with Gasteiger partial charge in [-0.15, -0.1) is 0 Å². The zero-order valence-electron chi connectivity index (χ0n) is 25.7. The largest absolute Gasteiger partial charge is 0.459 e. The monoisotopic (exact) mass is 610 g/mol. The van der Waals surface area contributed by atoms with Crippen LogP contribution >= 0.6 is 0 Å². The molecule has 0 bridgehead atoms. The molecule has 3 aromatic carbocycles. The van der Waals surface area contributed by atoms with Crippen molar-refractivity contribution in [2.45, 2.75) is 44.6 Å². The van der Waals surface area contributed by atoms with E-state index in [-0.39, 0.29) is 29.8 Å². The van der Waals surface area contributed by atoms with Gasteiger partial charge >= 0.3 is 17.9 Å². The predicted octanol–water partition coefficient (Wildman–Crippen LogP) is 6.73. The molecule has 0 atom stereocenters. The number of carbonyl (C=O) groups is 3. The number of aliphatic hydroxyl groups excluding tert-OH is 1. The summed E-state index contributed by atoms with van der Waals surface area (Å²) in [5.74, 6) is -0.610. The highest BCUT2D eigenvalue weighted by atomic mass is 16.5. The quantitative estimate of drug-likeness (QED) is 0.137. The zero-order chi connectivity index (χ0) is 32.5. The van der Waals surface area contributed by atoms with Crippen LogP contribution in [0.4, 0.5) is 0 Å². The Morgan fingerprint density at radius 2 is 1.29 bits per heavy atom. The van der Waals surface area contributed by atoms with Gasteiger partial charge in [0.25, 0.3) is 0 Å². The third-order valence-corrected chi connectivity index (χ3v) is 7.65. The van der Waals surface area contributed by atoms with Gasteiger partial charge in [0.2, 0.25) is 0 Å². The smallest absolute Gasteiger partial charge is 0.341 e. The minimum absolute atomic E-state index is 0.0367. The SMILES string of the molecule is C=C(C)C(=O)Oc1ccc(-c2ccc(-c3ccc(OC(=O)C(=C)COC)cc3C3CCC(OC(=O)C(=C)CO)CC3)cc2)cc1. The molecule has 8 nitrogen and oxygen atoms in total. The summed E-state index contributed by atoms with van der Waals surface area (Å²) in [5.41, 5.74) is 5.57. The van der Waals surface area contributed by atoms with E-state index < -0.39 is 24.5 Å². The van der Waals surface area contributed by atoms with Gasteiger partial charge in [-0.1, -0.05) is 62.2 Å². The number of esters is 3. The molecule has 234 valence electrons. The number of rotatable bonds is 12. The molecule has 0 radical (unpaired) electrons. The fourth-order valence-corrected chi connectivity index (χ4v) is 5.16. The molecule has 0 aromatic heterocycles. The van der Waals surface area contributed by atoms with Crippen LogP contribution in [-0.4, -0.2) is 49.4 Å². The first-order valence-electron chi connectivity index (χ1n) is 14.7. The van der Waals surface area contributed by atoms with Crippen molar-refractivity contribution in [3.63, 3.8) is 0 Å². The zero-order valence-corrected chi connectivity index (χ0v) is 25.7. The van der Waals surface area contributed by atoms with Crippen LogP contribution in [0.25, 0.3) is 22.3 Å². The van der Waals surface area contributed by atoms with Gasteiger partial charge in [0.1, 0.15) is 17.6 Å². The summed E-state index contributed by atoms with van der Waals surface area (Å²) in [5, 5.41) is 9.19. The van der Waals surface area contributed by atoms with E-state index in [1.165, 1.54) is 7.11 Å². The second-order valence-electron chi connectivity index (χ2n) is 11.1. The third kappa shape index (κ3) is 8.65. The molecule has 3 aromatic rings. The lowest BCUT2D eigenvalue weighted by molar-refractivity contribution is -0.146. The third-order valence-electron chi connectivity index (χ3n) is 7.65. The number of ether oxygens (including phenoxy) is 4. The molecule has 1 aliphatic carbocycles. The Balaban J connectivity index is 1.57. The lowest BCUT2D eigenvalue weighted by atomic mass is 9.79. The van der Waals surface area contributed by atoms with Crippen molar-refractivity contribution in [1.29, 1.82) is 0 Å². The maximum Gasteiger partial charge on any atom is 0.341 e. The van der Waals surface area contributed by atoms with Crippen molar-refractivity contribution in [2.75, 3.05) is 20.3 Å². The highest BCUT2D eigenvalue weighted by molar-refractivity contribution is 5.90. The number of aliphatic hydroxyl groups is 1. The van der Waals surface area contributed by atoms with Gasteiger partial charge in [-0.05, 0) is 90.6 Å². The van der Waals surface area contributed by atoms with E-state index in [1.54, 1.807) is 25.1 Å². The molecule has 1 aliphatic rings. The summed E-state index contributed by atoms with van der Waals surface area (Å²) >= 11 is 0. The van der Waals surface area contributed by atoms with E-state index in [0.717, 1.165) is 40.7 Å². The normalized spacial score (nSPS) is 15.9. The van der Waals surface area contributed by atoms with Gasteiger partial charge in [0.05, 0.1) is 24.4 Å². The number of hydrogen-bond donors (Lipinski definition) is 1. The molecule has 45 heavy (non-hydrogen) atoms. The molecule has 0 unspecified atom stereocenters. The minimum atomic E-state index is -0.575. The molecular weight excluding hydrogens is 572 g/mol. The summed E-state index contributed by atoms with van der Waals surface area (Å²) in [4.78, 5) is 36.5. The number of benzene rings is 3. The fraction of sp³-hybridized carbons (Fsp3) is 0.270. The van der Waals surface area contributed by atoms with Gasteiger partial charge in [-0.25, -0.2) is 14.4 Å². The highest BCUT2D eigenvalue weighted by Gasteiger charge is 2.28. The number of methoxy groups -OCH3 is 1. The Kier molecular flexibility index (Phi) is 11.2. The van der Waals surface area contributed by atoms with Crippen LogP contribution in [-0.2, 0) is 23.9 Å². The predicted molar refractivity (Wildman–Crippen MR) is 172 cm³/mol. The van der Waals surface area contributed by atoms with E-state index in [9.17, 15) is 19.5 Å². The van der Waals surface area contributed by atoms with E-state index in [2.05, 4.69) is 19.7 Å². The van der Waals surface area contributed by atoms with Crippen molar-refractivity contribution in [3.8, 4) is 33.8 Å². The number of carbonyl (C=O) groups excluding carboxylic acids is 3. The molecule has 4 rings (SSSR count). The van der Waals surface area contributed by atoms with Crippen LogP contribution < -0.4 is 9.47 Å². The molecule has 0 amide bonds. The Bertz CT molecular complexity index is 1580. The molecule has 0 aliphatic heterocycles. The first kappa shape index (κ1) is 33.1. The molecule has 0 saturated heterocycles. The second-order valence-corrected chi connectivity index (χ2v) is 11.1. The lowest BCUT2D eigenvalue weighted by Gasteiger charge is -2.30. The van der Waals surface area contributed by atoms with Gasteiger partial charge in [0, 0.05) is 12.7 Å². The first-order valence-corrected chi connectivity index (χ1v) is 14.7. The van der Waals surface area contributed by atoms with Crippen molar-refractivity contribution in [3.05, 3.63) is 109 Å². The first-order chi connectivity index (χ1) is 21.6. The highest BCUT2D eigenvalue weighted by Crippen LogP contribution is 2.41. The summed E-state index contributed by atoms with van der Waals surface area (Å²) in [6, 6.07) is 21.0. The summed E-state index contributed by atoms with van der Waals surface area (Å²) < 4.78 is 21.5. The molecule has 8 heteroatoms. The summed E-state index contributed by atoms with van der Waals surface area (Å²) in [6.07, 6.45) is 2.56. The maximum absolute atomic E-state index is 12.5. The molecule has 1 fully saturated rings. The molecule has 0 spiro atoms. The Hall–Kier alpha value is -4.79. The van der Waals surface area contributed by atoms with Crippen LogP contribution in [0.15, 0.2) is 103 Å².